The van der Waals surface area contributed by atoms with Gasteiger partial charge in [0.05, 0.1) is 11.0 Å². The minimum absolute atomic E-state index is 0.0546. The highest BCUT2D eigenvalue weighted by Gasteiger charge is 2.43. The largest absolute Gasteiger partial charge is 0.327 e. The van der Waals surface area contributed by atoms with E-state index in [9.17, 15) is 4.79 Å². The van der Waals surface area contributed by atoms with Gasteiger partial charge in [-0.3, -0.25) is 9.63 Å². The topological polar surface area (TPSA) is 64.3 Å². The molecule has 0 bridgehead atoms. The van der Waals surface area contributed by atoms with E-state index < -0.39 is 5.41 Å². The summed E-state index contributed by atoms with van der Waals surface area (Å²) in [5.74, 6) is -0.0950. The molecule has 1 amide bonds. The number of hydrogen-bond donors (Lipinski definition) is 2. The van der Waals surface area contributed by atoms with Crippen LogP contribution in [0.1, 0.15) is 47.0 Å². The van der Waals surface area contributed by atoms with E-state index in [1.807, 2.05) is 27.7 Å². The molecule has 1 aliphatic carbocycles. The zero-order valence-corrected chi connectivity index (χ0v) is 10.1. The number of rotatable bonds is 2. The molecule has 3 N–H and O–H groups in total. The van der Waals surface area contributed by atoms with Crippen molar-refractivity contribution in [3.8, 4) is 0 Å². The van der Waals surface area contributed by atoms with Gasteiger partial charge in [0.15, 0.2) is 0 Å². The number of nitrogens with one attached hydrogen (secondary N) is 1. The maximum atomic E-state index is 11.9. The van der Waals surface area contributed by atoms with Crippen molar-refractivity contribution in [1.29, 1.82) is 0 Å². The second-order valence-electron chi connectivity index (χ2n) is 5.56. The zero-order valence-electron chi connectivity index (χ0n) is 10.1. The summed E-state index contributed by atoms with van der Waals surface area (Å²) in [5.41, 5.74) is 7.62. The van der Waals surface area contributed by atoms with Gasteiger partial charge in [-0.1, -0.05) is 6.42 Å². The number of hydroxylamine groups is 1. The van der Waals surface area contributed by atoms with Crippen molar-refractivity contribution in [2.75, 3.05) is 0 Å². The summed E-state index contributed by atoms with van der Waals surface area (Å²) in [6, 6.07) is -0.0546. The van der Waals surface area contributed by atoms with Crippen molar-refractivity contribution in [2.45, 2.75) is 58.6 Å². The Balaban J connectivity index is 2.53. The number of carbonyl (C=O) groups is 1. The van der Waals surface area contributed by atoms with Crippen LogP contribution in [0.25, 0.3) is 0 Å². The lowest BCUT2D eigenvalue weighted by Gasteiger charge is -2.29. The second kappa shape index (κ2) is 4.10. The molecule has 1 aliphatic rings. The second-order valence-corrected chi connectivity index (χ2v) is 5.56. The Morgan fingerprint density at radius 2 is 2.13 bits per heavy atom. The van der Waals surface area contributed by atoms with E-state index in [0.29, 0.717) is 0 Å². The summed E-state index contributed by atoms with van der Waals surface area (Å²) in [4.78, 5) is 17.2. The summed E-state index contributed by atoms with van der Waals surface area (Å²) in [7, 11) is 0. The molecule has 1 fully saturated rings. The fraction of sp³-hybridized carbons (Fsp3) is 0.909. The molecule has 2 atom stereocenters. The molecule has 0 aromatic rings. The fourth-order valence-corrected chi connectivity index (χ4v) is 1.79. The van der Waals surface area contributed by atoms with Gasteiger partial charge in [0, 0.05) is 6.04 Å². The van der Waals surface area contributed by atoms with Gasteiger partial charge in [-0.05, 0) is 40.5 Å². The van der Waals surface area contributed by atoms with Crippen molar-refractivity contribution >= 4 is 5.91 Å². The smallest absolute Gasteiger partial charge is 0.251 e. The van der Waals surface area contributed by atoms with Gasteiger partial charge in [-0.2, -0.15) is 0 Å². The quantitative estimate of drug-likeness (QED) is 0.682. The van der Waals surface area contributed by atoms with Crippen LogP contribution < -0.4 is 11.2 Å². The van der Waals surface area contributed by atoms with E-state index >= 15 is 0 Å². The lowest BCUT2D eigenvalue weighted by atomic mass is 9.84. The van der Waals surface area contributed by atoms with Crippen molar-refractivity contribution in [3.63, 3.8) is 0 Å². The summed E-state index contributed by atoms with van der Waals surface area (Å²) in [6.07, 6.45) is 2.77. The number of nitrogens with two attached hydrogens (primary N) is 1. The Morgan fingerprint density at radius 3 is 2.53 bits per heavy atom. The van der Waals surface area contributed by atoms with Crippen molar-refractivity contribution < 1.29 is 9.63 Å². The molecule has 1 rings (SSSR count). The summed E-state index contributed by atoms with van der Waals surface area (Å²) < 4.78 is 0. The molecule has 0 aromatic heterocycles. The van der Waals surface area contributed by atoms with E-state index in [-0.39, 0.29) is 17.6 Å². The summed E-state index contributed by atoms with van der Waals surface area (Å²) in [5, 5.41) is 0. The number of hydrogen-bond acceptors (Lipinski definition) is 3. The predicted octanol–water partition coefficient (Wildman–Crippen LogP) is 1.35. The van der Waals surface area contributed by atoms with Crippen LogP contribution in [0.3, 0.4) is 0 Å². The monoisotopic (exact) mass is 214 g/mol. The van der Waals surface area contributed by atoms with Crippen molar-refractivity contribution in [2.24, 2.45) is 11.1 Å². The van der Waals surface area contributed by atoms with Gasteiger partial charge in [0.2, 0.25) is 0 Å². The van der Waals surface area contributed by atoms with Crippen LogP contribution >= 0.6 is 0 Å². The van der Waals surface area contributed by atoms with E-state index in [1.54, 1.807) is 0 Å². The van der Waals surface area contributed by atoms with Crippen LogP contribution in [-0.2, 0) is 9.63 Å². The molecule has 2 unspecified atom stereocenters. The van der Waals surface area contributed by atoms with Gasteiger partial charge in [0.1, 0.15) is 0 Å². The molecule has 4 heteroatoms. The van der Waals surface area contributed by atoms with E-state index in [4.69, 9.17) is 10.6 Å². The lowest BCUT2D eigenvalue weighted by Crippen LogP contribution is -2.49. The minimum Gasteiger partial charge on any atom is -0.327 e. The number of carbonyl (C=O) groups excluding carboxylic acids is 1. The standard InChI is InChI=1S/C11H22N2O2/c1-10(2,3)15-13-9(14)11(4)7-5-6-8(11)12/h8H,5-7,12H2,1-4H3,(H,13,14). The van der Waals surface area contributed by atoms with Crippen molar-refractivity contribution in [3.05, 3.63) is 0 Å². The molecule has 0 spiro atoms. The van der Waals surface area contributed by atoms with Crippen LogP contribution in [0.2, 0.25) is 0 Å². The van der Waals surface area contributed by atoms with Gasteiger partial charge in [0.25, 0.3) is 5.91 Å². The maximum absolute atomic E-state index is 11.9. The molecule has 0 aromatic carbocycles. The third-order valence-corrected chi connectivity index (χ3v) is 3.00. The first-order valence-corrected chi connectivity index (χ1v) is 5.50. The average Bonchev–Trinajstić information content (AvgIpc) is 2.43. The average molecular weight is 214 g/mol. The first-order chi connectivity index (χ1) is 6.76. The molecular weight excluding hydrogens is 192 g/mol. The van der Waals surface area contributed by atoms with Crippen molar-refractivity contribution in [1.82, 2.24) is 5.48 Å². The van der Waals surface area contributed by atoms with Gasteiger partial charge >= 0.3 is 0 Å². The maximum Gasteiger partial charge on any atom is 0.251 e. The predicted molar refractivity (Wildman–Crippen MR) is 58.9 cm³/mol. The van der Waals surface area contributed by atoms with Crippen LogP contribution in [0.4, 0.5) is 0 Å². The highest BCUT2D eigenvalue weighted by molar-refractivity contribution is 5.82. The SMILES string of the molecule is CC(C)(C)ONC(=O)C1(C)CCCC1N. The summed E-state index contributed by atoms with van der Waals surface area (Å²) >= 11 is 0. The third-order valence-electron chi connectivity index (χ3n) is 3.00. The molecule has 0 saturated heterocycles. The van der Waals surface area contributed by atoms with E-state index in [0.717, 1.165) is 19.3 Å². The first kappa shape index (κ1) is 12.5. The minimum atomic E-state index is -0.467. The fourth-order valence-electron chi connectivity index (χ4n) is 1.79. The van der Waals surface area contributed by atoms with Gasteiger partial charge in [-0.25, -0.2) is 5.48 Å². The molecule has 88 valence electrons. The molecule has 0 radical (unpaired) electrons. The van der Waals surface area contributed by atoms with Crippen LogP contribution in [0, 0.1) is 5.41 Å². The Hall–Kier alpha value is -0.610. The van der Waals surface area contributed by atoms with E-state index in [1.165, 1.54) is 0 Å². The molecule has 4 nitrogen and oxygen atoms in total. The number of amides is 1. The van der Waals surface area contributed by atoms with Gasteiger partial charge < -0.3 is 5.73 Å². The van der Waals surface area contributed by atoms with Crippen LogP contribution in [0.15, 0.2) is 0 Å². The Bertz CT molecular complexity index is 247. The highest BCUT2D eigenvalue weighted by atomic mass is 16.7. The first-order valence-electron chi connectivity index (χ1n) is 5.50. The Morgan fingerprint density at radius 1 is 1.53 bits per heavy atom. The van der Waals surface area contributed by atoms with E-state index in [2.05, 4.69) is 5.48 Å². The van der Waals surface area contributed by atoms with Crippen LogP contribution in [-0.4, -0.2) is 17.6 Å². The summed E-state index contributed by atoms with van der Waals surface area (Å²) in [6.45, 7) is 7.59. The normalized spacial score (nSPS) is 31.7. The Labute approximate surface area is 91.5 Å². The highest BCUT2D eigenvalue weighted by Crippen LogP contribution is 2.36. The zero-order chi connectivity index (χ0) is 11.7. The molecule has 0 heterocycles. The van der Waals surface area contributed by atoms with Gasteiger partial charge in [-0.15, -0.1) is 0 Å². The molecule has 0 aliphatic heterocycles. The molecule has 15 heavy (non-hydrogen) atoms. The molecular formula is C11H22N2O2. The van der Waals surface area contributed by atoms with Crippen LogP contribution in [0.5, 0.6) is 0 Å². The molecule has 1 saturated carbocycles. The Kier molecular flexibility index (Phi) is 3.41. The third kappa shape index (κ3) is 2.92. The lowest BCUT2D eigenvalue weighted by molar-refractivity contribution is -0.155.